The average molecular weight is 639 g/mol. The van der Waals surface area contributed by atoms with Gasteiger partial charge >= 0.3 is 0 Å². The molecule has 2 nitrogen and oxygen atoms in total. The van der Waals surface area contributed by atoms with Crippen LogP contribution in [0.3, 0.4) is 0 Å². The van der Waals surface area contributed by atoms with Gasteiger partial charge in [0.15, 0.2) is 5.82 Å². The van der Waals surface area contributed by atoms with Crippen LogP contribution < -0.4 is 0 Å². The van der Waals surface area contributed by atoms with E-state index in [9.17, 15) is 0 Å². The van der Waals surface area contributed by atoms with Crippen LogP contribution in [-0.2, 0) is 0 Å². The van der Waals surface area contributed by atoms with Gasteiger partial charge < -0.3 is 0 Å². The van der Waals surface area contributed by atoms with Crippen LogP contribution in [0.15, 0.2) is 170 Å². The molecule has 0 saturated heterocycles. The van der Waals surface area contributed by atoms with Gasteiger partial charge in [-0.3, -0.25) is 0 Å². The van der Waals surface area contributed by atoms with E-state index in [1.807, 2.05) is 26.0 Å². The van der Waals surface area contributed by atoms with Gasteiger partial charge in [-0.2, -0.15) is 0 Å². The highest BCUT2D eigenvalue weighted by Crippen LogP contribution is 2.45. The number of benzene rings is 9. The summed E-state index contributed by atoms with van der Waals surface area (Å²) in [5, 5.41) is 12.4. The molecule has 2 heteroatoms. The van der Waals surface area contributed by atoms with Crippen molar-refractivity contribution >= 4 is 53.9 Å². The number of rotatable bonds is 4. The lowest BCUT2D eigenvalue weighted by atomic mass is 9.86. The SMILES string of the molecule is CC.c1ccc(-c2cc(-c3ccccc3)nc(-c3c4ccccc4c(-c4cc5ccc6cccc7ccc(c4)c5c67)c4ccccc34)n2)cc1. The highest BCUT2D eigenvalue weighted by Gasteiger charge is 2.21. The van der Waals surface area contributed by atoms with Gasteiger partial charge in [-0.05, 0) is 83.2 Å². The largest absolute Gasteiger partial charge is 0.228 e. The summed E-state index contributed by atoms with van der Waals surface area (Å²) in [5.74, 6) is 0.727. The summed E-state index contributed by atoms with van der Waals surface area (Å²) >= 11 is 0. The van der Waals surface area contributed by atoms with E-state index in [0.717, 1.165) is 44.7 Å². The maximum atomic E-state index is 5.29. The molecule has 0 bridgehead atoms. The topological polar surface area (TPSA) is 25.8 Å². The van der Waals surface area contributed by atoms with Gasteiger partial charge in [-0.15, -0.1) is 0 Å². The quantitative estimate of drug-likeness (QED) is 0.142. The van der Waals surface area contributed by atoms with Crippen LogP contribution in [0.1, 0.15) is 13.8 Å². The lowest BCUT2D eigenvalue weighted by Gasteiger charge is -2.19. The summed E-state index contributed by atoms with van der Waals surface area (Å²) in [6.07, 6.45) is 0. The fourth-order valence-electron chi connectivity index (χ4n) is 7.65. The molecule has 0 radical (unpaired) electrons. The third-order valence-corrected chi connectivity index (χ3v) is 9.77. The number of aromatic nitrogens is 2. The summed E-state index contributed by atoms with van der Waals surface area (Å²) in [6, 6.07) is 60.8. The second-order valence-electron chi connectivity index (χ2n) is 12.5. The molecule has 0 atom stereocenters. The van der Waals surface area contributed by atoms with Gasteiger partial charge in [-0.25, -0.2) is 9.97 Å². The Kier molecular flexibility index (Phi) is 7.29. The Hall–Kier alpha value is -6.38. The molecule has 10 rings (SSSR count). The fourth-order valence-corrected chi connectivity index (χ4v) is 7.65. The van der Waals surface area contributed by atoms with Crippen molar-refractivity contribution in [2.45, 2.75) is 13.8 Å². The molecule has 9 aromatic carbocycles. The van der Waals surface area contributed by atoms with Crippen molar-refractivity contribution < 1.29 is 0 Å². The molecular formula is C48H34N2. The molecule has 1 aromatic heterocycles. The van der Waals surface area contributed by atoms with Gasteiger partial charge in [0.05, 0.1) is 11.4 Å². The van der Waals surface area contributed by atoms with Crippen molar-refractivity contribution in [2.24, 2.45) is 0 Å². The van der Waals surface area contributed by atoms with Crippen LogP contribution in [0.2, 0.25) is 0 Å². The molecule has 0 aliphatic carbocycles. The first-order chi connectivity index (χ1) is 24.8. The molecule has 50 heavy (non-hydrogen) atoms. The minimum absolute atomic E-state index is 0.727. The van der Waals surface area contributed by atoms with E-state index < -0.39 is 0 Å². The Morgan fingerprint density at radius 3 is 1.20 bits per heavy atom. The van der Waals surface area contributed by atoms with E-state index in [2.05, 4.69) is 158 Å². The van der Waals surface area contributed by atoms with Crippen molar-refractivity contribution in [3.63, 3.8) is 0 Å². The Morgan fingerprint density at radius 1 is 0.320 bits per heavy atom. The molecule has 0 amide bonds. The van der Waals surface area contributed by atoms with E-state index in [1.54, 1.807) is 0 Å². The Bertz CT molecular complexity index is 2640. The lowest BCUT2D eigenvalue weighted by Crippen LogP contribution is -1.98. The van der Waals surface area contributed by atoms with Crippen molar-refractivity contribution in [1.82, 2.24) is 9.97 Å². The van der Waals surface area contributed by atoms with Crippen molar-refractivity contribution in [3.05, 3.63) is 170 Å². The van der Waals surface area contributed by atoms with E-state index in [4.69, 9.17) is 9.97 Å². The first-order valence-electron chi connectivity index (χ1n) is 17.4. The van der Waals surface area contributed by atoms with Crippen molar-refractivity contribution in [2.75, 3.05) is 0 Å². The molecule has 0 fully saturated rings. The minimum atomic E-state index is 0.727. The molecule has 0 aliphatic rings. The monoisotopic (exact) mass is 638 g/mol. The molecule has 0 aliphatic heterocycles. The zero-order chi connectivity index (χ0) is 33.6. The van der Waals surface area contributed by atoms with Crippen LogP contribution in [0.4, 0.5) is 0 Å². The maximum Gasteiger partial charge on any atom is 0.161 e. The van der Waals surface area contributed by atoms with Gasteiger partial charge in [0.25, 0.3) is 0 Å². The zero-order valence-electron chi connectivity index (χ0n) is 28.1. The molecule has 1 heterocycles. The Morgan fingerprint density at radius 2 is 0.720 bits per heavy atom. The van der Waals surface area contributed by atoms with E-state index in [0.29, 0.717) is 0 Å². The zero-order valence-corrected chi connectivity index (χ0v) is 28.1. The minimum Gasteiger partial charge on any atom is -0.228 e. The second kappa shape index (κ2) is 12.3. The summed E-state index contributed by atoms with van der Waals surface area (Å²) < 4.78 is 0. The molecule has 0 spiro atoms. The standard InChI is InChI=1S/C46H28N2.C2H6/c1-3-12-29(13-4-1)40-28-41(30-14-5-2-6-15-30)48-46(47-40)45-38-20-9-7-18-36(38)44(37-19-8-10-21-39(37)45)35-26-33-24-22-31-16-11-17-32-23-25-34(27-35)43(33)42(31)32;1-2/h1-28H;1-2H3. The predicted octanol–water partition coefficient (Wildman–Crippen LogP) is 13.4. The van der Waals surface area contributed by atoms with Crippen LogP contribution in [0.25, 0.3) is 98.9 Å². The fraction of sp³-hybridized carbons (Fsp3) is 0.0417. The first-order valence-corrected chi connectivity index (χ1v) is 17.4. The van der Waals surface area contributed by atoms with Gasteiger partial charge in [0.2, 0.25) is 0 Å². The van der Waals surface area contributed by atoms with Crippen LogP contribution in [0.5, 0.6) is 0 Å². The molecular weight excluding hydrogens is 605 g/mol. The van der Waals surface area contributed by atoms with Gasteiger partial charge in [0, 0.05) is 16.7 Å². The van der Waals surface area contributed by atoms with E-state index in [-0.39, 0.29) is 0 Å². The smallest absolute Gasteiger partial charge is 0.161 e. The lowest BCUT2D eigenvalue weighted by molar-refractivity contribution is 1.19. The normalized spacial score (nSPS) is 11.4. The van der Waals surface area contributed by atoms with Crippen LogP contribution in [0, 0.1) is 0 Å². The van der Waals surface area contributed by atoms with E-state index >= 15 is 0 Å². The van der Waals surface area contributed by atoms with E-state index in [1.165, 1.54) is 54.2 Å². The highest BCUT2D eigenvalue weighted by atomic mass is 14.9. The second-order valence-corrected chi connectivity index (χ2v) is 12.5. The van der Waals surface area contributed by atoms with Crippen LogP contribution >= 0.6 is 0 Å². The van der Waals surface area contributed by atoms with Gasteiger partial charge in [-0.1, -0.05) is 166 Å². The summed E-state index contributed by atoms with van der Waals surface area (Å²) in [4.78, 5) is 10.6. The summed E-state index contributed by atoms with van der Waals surface area (Å²) in [7, 11) is 0. The number of fused-ring (bicyclic) bond motifs is 2. The molecule has 0 unspecified atom stereocenters. The van der Waals surface area contributed by atoms with Crippen molar-refractivity contribution in [3.8, 4) is 45.0 Å². The highest BCUT2D eigenvalue weighted by molar-refractivity contribution is 6.26. The summed E-state index contributed by atoms with van der Waals surface area (Å²) in [5.41, 5.74) is 7.45. The summed E-state index contributed by atoms with van der Waals surface area (Å²) in [6.45, 7) is 4.00. The predicted molar refractivity (Wildman–Crippen MR) is 214 cm³/mol. The third-order valence-electron chi connectivity index (χ3n) is 9.77. The molecule has 0 N–H and O–H groups in total. The number of hydrogen-bond donors (Lipinski definition) is 0. The first kappa shape index (κ1) is 29.7. The Balaban J connectivity index is 0.00000165. The number of hydrogen-bond acceptors (Lipinski definition) is 2. The van der Waals surface area contributed by atoms with Crippen LogP contribution in [-0.4, -0.2) is 9.97 Å². The third kappa shape index (κ3) is 4.80. The van der Waals surface area contributed by atoms with Gasteiger partial charge in [0.1, 0.15) is 0 Å². The maximum absolute atomic E-state index is 5.29. The molecule has 10 aromatic rings. The molecule has 236 valence electrons. The Labute approximate surface area is 291 Å². The van der Waals surface area contributed by atoms with Crippen molar-refractivity contribution in [1.29, 1.82) is 0 Å². The number of nitrogens with zero attached hydrogens (tertiary/aromatic N) is 2. The average Bonchev–Trinajstić information content (AvgIpc) is 3.20. The molecule has 0 saturated carbocycles.